The zero-order chi connectivity index (χ0) is 13.0. The van der Waals surface area contributed by atoms with Crippen LogP contribution in [0.5, 0.6) is 5.75 Å². The van der Waals surface area contributed by atoms with Crippen LogP contribution in [0.25, 0.3) is 0 Å². The Balaban J connectivity index is 2.15. The molecule has 0 saturated carbocycles. The van der Waals surface area contributed by atoms with E-state index in [0.29, 0.717) is 12.0 Å². The molecule has 0 aromatic heterocycles. The molecule has 1 aromatic rings. The Morgan fingerprint density at radius 3 is 3.00 bits per heavy atom. The van der Waals surface area contributed by atoms with Crippen LogP contribution in [0.1, 0.15) is 44.6 Å². The van der Waals surface area contributed by atoms with Gasteiger partial charge in [-0.25, -0.2) is 0 Å². The van der Waals surface area contributed by atoms with Crippen LogP contribution >= 0.6 is 11.6 Å². The van der Waals surface area contributed by atoms with Crippen LogP contribution in [0, 0.1) is 0 Å². The summed E-state index contributed by atoms with van der Waals surface area (Å²) >= 11 is 6.09. The van der Waals surface area contributed by atoms with Gasteiger partial charge in [-0.2, -0.15) is 0 Å². The molecule has 1 aliphatic rings. The van der Waals surface area contributed by atoms with Gasteiger partial charge in [0.2, 0.25) is 0 Å². The van der Waals surface area contributed by atoms with E-state index in [9.17, 15) is 0 Å². The Morgan fingerprint density at radius 1 is 1.50 bits per heavy atom. The Bertz CT molecular complexity index is 388. The van der Waals surface area contributed by atoms with Crippen molar-refractivity contribution in [2.45, 2.75) is 45.1 Å². The normalized spacial score (nSPS) is 21.6. The van der Waals surface area contributed by atoms with Gasteiger partial charge < -0.3 is 10.1 Å². The maximum Gasteiger partial charge on any atom is 0.123 e. The van der Waals surface area contributed by atoms with Gasteiger partial charge in [0, 0.05) is 11.6 Å². The van der Waals surface area contributed by atoms with Crippen molar-refractivity contribution in [2.24, 2.45) is 0 Å². The second-order valence-corrected chi connectivity index (χ2v) is 5.51. The molecule has 0 bridgehead atoms. The summed E-state index contributed by atoms with van der Waals surface area (Å²) in [5, 5.41) is 4.17. The first kappa shape index (κ1) is 13.7. The van der Waals surface area contributed by atoms with Gasteiger partial charge in [-0.15, -0.1) is 0 Å². The molecule has 1 saturated heterocycles. The molecule has 1 fully saturated rings. The number of hydrogen-bond donors (Lipinski definition) is 1. The van der Waals surface area contributed by atoms with Crippen LogP contribution in [0.4, 0.5) is 0 Å². The molecule has 3 heteroatoms. The van der Waals surface area contributed by atoms with Crippen molar-refractivity contribution in [3.63, 3.8) is 0 Å². The summed E-state index contributed by atoms with van der Waals surface area (Å²) in [6.45, 7) is 6.47. The Labute approximate surface area is 115 Å². The van der Waals surface area contributed by atoms with Crippen molar-refractivity contribution in [3.05, 3.63) is 28.8 Å². The summed E-state index contributed by atoms with van der Waals surface area (Å²) < 4.78 is 6.14. The first-order valence-electron chi connectivity index (χ1n) is 6.87. The lowest BCUT2D eigenvalue weighted by atomic mass is 9.97. The fourth-order valence-corrected chi connectivity index (χ4v) is 2.51. The monoisotopic (exact) mass is 267 g/mol. The van der Waals surface area contributed by atoms with Crippen molar-refractivity contribution in [1.29, 1.82) is 0 Å². The van der Waals surface area contributed by atoms with E-state index in [4.69, 9.17) is 16.3 Å². The second-order valence-electron chi connectivity index (χ2n) is 5.08. The fraction of sp³-hybridized carbons (Fsp3) is 0.600. The molecule has 100 valence electrons. The van der Waals surface area contributed by atoms with E-state index in [1.54, 1.807) is 0 Å². The van der Waals surface area contributed by atoms with Crippen molar-refractivity contribution in [3.8, 4) is 5.75 Å². The molecule has 0 radical (unpaired) electrons. The molecule has 2 rings (SSSR count). The van der Waals surface area contributed by atoms with Crippen molar-refractivity contribution in [1.82, 2.24) is 5.32 Å². The zero-order valence-electron chi connectivity index (χ0n) is 11.2. The van der Waals surface area contributed by atoms with Gasteiger partial charge in [-0.1, -0.05) is 25.4 Å². The predicted octanol–water partition coefficient (Wildman–Crippen LogP) is 3.98. The van der Waals surface area contributed by atoms with Gasteiger partial charge in [0.05, 0.1) is 0 Å². The highest BCUT2D eigenvalue weighted by molar-refractivity contribution is 6.30. The third-order valence-electron chi connectivity index (χ3n) is 3.66. The molecule has 2 nitrogen and oxygen atoms in total. The molecule has 0 aliphatic carbocycles. The van der Waals surface area contributed by atoms with Gasteiger partial charge in [0.15, 0.2) is 0 Å². The summed E-state index contributed by atoms with van der Waals surface area (Å²) in [4.78, 5) is 0. The predicted molar refractivity (Wildman–Crippen MR) is 76.7 cm³/mol. The summed E-state index contributed by atoms with van der Waals surface area (Å²) in [6.07, 6.45) is 3.72. The average Bonchev–Trinajstić information content (AvgIpc) is 2.41. The van der Waals surface area contributed by atoms with Crippen LogP contribution in [0.3, 0.4) is 0 Å². The van der Waals surface area contributed by atoms with E-state index in [0.717, 1.165) is 36.7 Å². The maximum atomic E-state index is 6.14. The minimum absolute atomic E-state index is 0.294. The van der Waals surface area contributed by atoms with E-state index in [-0.39, 0.29) is 0 Å². The van der Waals surface area contributed by atoms with Crippen molar-refractivity contribution < 1.29 is 4.74 Å². The van der Waals surface area contributed by atoms with E-state index >= 15 is 0 Å². The molecule has 1 aliphatic heterocycles. The lowest BCUT2D eigenvalue weighted by Gasteiger charge is -2.26. The number of ether oxygens (including phenoxy) is 1. The second kappa shape index (κ2) is 6.44. The molecule has 0 amide bonds. The van der Waals surface area contributed by atoms with Crippen LogP contribution < -0.4 is 10.1 Å². The number of hydrogen-bond acceptors (Lipinski definition) is 2. The van der Waals surface area contributed by atoms with Gasteiger partial charge in [-0.3, -0.25) is 0 Å². The highest BCUT2D eigenvalue weighted by atomic mass is 35.5. The maximum absolute atomic E-state index is 6.14. The highest BCUT2D eigenvalue weighted by Gasteiger charge is 2.18. The lowest BCUT2D eigenvalue weighted by Crippen LogP contribution is -2.37. The number of nitrogens with one attached hydrogen (secondary N) is 1. The van der Waals surface area contributed by atoms with Crippen LogP contribution in [0.2, 0.25) is 5.02 Å². The van der Waals surface area contributed by atoms with Crippen molar-refractivity contribution >= 4 is 11.6 Å². The third kappa shape index (κ3) is 3.39. The minimum Gasteiger partial charge on any atom is -0.489 e. The quantitative estimate of drug-likeness (QED) is 0.891. The number of halogens is 1. The number of rotatable bonds is 4. The molecular weight excluding hydrogens is 246 g/mol. The van der Waals surface area contributed by atoms with Gasteiger partial charge in [0.25, 0.3) is 0 Å². The molecule has 0 spiro atoms. The topological polar surface area (TPSA) is 21.3 Å². The minimum atomic E-state index is 0.294. The number of piperidine rings is 1. The summed E-state index contributed by atoms with van der Waals surface area (Å²) in [5.74, 6) is 1.48. The van der Waals surface area contributed by atoms with E-state index in [1.165, 1.54) is 12.0 Å². The molecular formula is C15H22ClNO. The molecule has 1 N–H and O–H groups in total. The average molecular weight is 268 g/mol. The van der Waals surface area contributed by atoms with E-state index in [1.807, 2.05) is 18.2 Å². The Kier molecular flexibility index (Phi) is 4.90. The Morgan fingerprint density at radius 2 is 2.33 bits per heavy atom. The summed E-state index contributed by atoms with van der Waals surface area (Å²) in [7, 11) is 0. The first-order chi connectivity index (χ1) is 8.70. The largest absolute Gasteiger partial charge is 0.489 e. The summed E-state index contributed by atoms with van der Waals surface area (Å²) in [6, 6.07) is 5.97. The third-order valence-corrected chi connectivity index (χ3v) is 3.90. The van der Waals surface area contributed by atoms with Gasteiger partial charge >= 0.3 is 0 Å². The molecule has 1 aromatic carbocycles. The van der Waals surface area contributed by atoms with Crippen LogP contribution in [-0.2, 0) is 0 Å². The van der Waals surface area contributed by atoms with Crippen LogP contribution in [-0.4, -0.2) is 19.2 Å². The first-order valence-corrected chi connectivity index (χ1v) is 7.25. The number of benzene rings is 1. The molecule has 0 unspecified atom stereocenters. The Hall–Kier alpha value is -0.730. The SMILES string of the molecule is CC[C@H](C)c1cc(Cl)ccc1O[C@H]1CCCNC1. The molecule has 18 heavy (non-hydrogen) atoms. The lowest BCUT2D eigenvalue weighted by molar-refractivity contribution is 0.165. The van der Waals surface area contributed by atoms with Crippen molar-refractivity contribution in [2.75, 3.05) is 13.1 Å². The van der Waals surface area contributed by atoms with Gasteiger partial charge in [0.1, 0.15) is 11.9 Å². The highest BCUT2D eigenvalue weighted by Crippen LogP contribution is 2.32. The molecule has 2 atom stereocenters. The van der Waals surface area contributed by atoms with Gasteiger partial charge in [-0.05, 0) is 55.5 Å². The molecule has 1 heterocycles. The van der Waals surface area contributed by atoms with E-state index < -0.39 is 0 Å². The standard InChI is InChI=1S/C15H22ClNO/c1-3-11(2)14-9-12(16)6-7-15(14)18-13-5-4-8-17-10-13/h6-7,9,11,13,17H,3-5,8,10H2,1-2H3/t11-,13-/m0/s1. The van der Waals surface area contributed by atoms with Crippen LogP contribution in [0.15, 0.2) is 18.2 Å². The fourth-order valence-electron chi connectivity index (χ4n) is 2.33. The summed E-state index contributed by atoms with van der Waals surface area (Å²) in [5.41, 5.74) is 1.23. The van der Waals surface area contributed by atoms with E-state index in [2.05, 4.69) is 19.2 Å². The zero-order valence-corrected chi connectivity index (χ0v) is 12.0. The smallest absolute Gasteiger partial charge is 0.123 e.